The summed E-state index contributed by atoms with van der Waals surface area (Å²) in [7, 11) is 1.79. The van der Waals surface area contributed by atoms with Crippen LogP contribution in [0.4, 0.5) is 0 Å². The number of aliphatic hydroxyl groups excluding tert-OH is 1. The van der Waals surface area contributed by atoms with Gasteiger partial charge in [-0.25, -0.2) is 0 Å². The van der Waals surface area contributed by atoms with Crippen molar-refractivity contribution in [2.75, 3.05) is 13.2 Å². The standard InChI is InChI=1S/C25H24BO2/c1-16-14-17(2)23(18(3)15-16)24-19-8-4-6-10-21(19)25(26-28-13-12-27)22-11-7-5-9-20(22)24/h4-11,14-15,27H,12-13H2,1-3H3. The van der Waals surface area contributed by atoms with E-state index in [1.165, 1.54) is 38.6 Å². The minimum Gasteiger partial charge on any atom is -0.432 e. The van der Waals surface area contributed by atoms with E-state index >= 15 is 0 Å². The summed E-state index contributed by atoms with van der Waals surface area (Å²) in [4.78, 5) is 0. The lowest BCUT2D eigenvalue weighted by Crippen LogP contribution is -2.21. The van der Waals surface area contributed by atoms with Crippen molar-refractivity contribution in [3.63, 3.8) is 0 Å². The maximum Gasteiger partial charge on any atom is 0.331 e. The third-order valence-corrected chi connectivity index (χ3v) is 5.31. The number of aliphatic hydroxyl groups is 1. The lowest BCUT2D eigenvalue weighted by atomic mass is 9.76. The highest BCUT2D eigenvalue weighted by Crippen LogP contribution is 2.39. The average Bonchev–Trinajstić information content (AvgIpc) is 2.68. The van der Waals surface area contributed by atoms with Gasteiger partial charge in [-0.1, -0.05) is 66.2 Å². The van der Waals surface area contributed by atoms with Gasteiger partial charge in [-0.05, 0) is 70.0 Å². The molecule has 4 rings (SSSR count). The lowest BCUT2D eigenvalue weighted by molar-refractivity contribution is 0.209. The highest BCUT2D eigenvalue weighted by atomic mass is 16.4. The zero-order valence-electron chi connectivity index (χ0n) is 16.6. The molecule has 0 bridgehead atoms. The number of rotatable bonds is 5. The molecular formula is C25H24BO2. The van der Waals surface area contributed by atoms with Crippen LogP contribution in [0.3, 0.4) is 0 Å². The van der Waals surface area contributed by atoms with Gasteiger partial charge in [0.05, 0.1) is 13.2 Å². The van der Waals surface area contributed by atoms with Crippen molar-refractivity contribution >= 4 is 34.5 Å². The Hall–Kier alpha value is -2.62. The summed E-state index contributed by atoms with van der Waals surface area (Å²) in [5.41, 5.74) is 7.52. The first-order chi connectivity index (χ1) is 13.6. The molecular weight excluding hydrogens is 343 g/mol. The van der Waals surface area contributed by atoms with Crippen LogP contribution in [-0.2, 0) is 4.65 Å². The van der Waals surface area contributed by atoms with Crippen LogP contribution in [0.5, 0.6) is 0 Å². The molecule has 3 heteroatoms. The maximum absolute atomic E-state index is 9.10. The molecule has 0 unspecified atom stereocenters. The second-order valence-electron chi connectivity index (χ2n) is 7.37. The molecule has 0 saturated carbocycles. The fourth-order valence-electron chi connectivity index (χ4n) is 4.33. The van der Waals surface area contributed by atoms with Gasteiger partial charge in [-0.15, -0.1) is 0 Å². The molecule has 28 heavy (non-hydrogen) atoms. The molecule has 0 heterocycles. The van der Waals surface area contributed by atoms with E-state index in [1.807, 2.05) is 0 Å². The Balaban J connectivity index is 2.12. The second-order valence-corrected chi connectivity index (χ2v) is 7.37. The Bertz CT molecular complexity index is 1080. The molecule has 1 radical (unpaired) electrons. The van der Waals surface area contributed by atoms with Crippen molar-refractivity contribution in [3.8, 4) is 11.1 Å². The normalized spacial score (nSPS) is 11.3. The number of aryl methyl sites for hydroxylation is 3. The van der Waals surface area contributed by atoms with E-state index in [1.54, 1.807) is 7.48 Å². The van der Waals surface area contributed by atoms with E-state index in [4.69, 9.17) is 9.76 Å². The first-order valence-corrected chi connectivity index (χ1v) is 9.69. The van der Waals surface area contributed by atoms with Crippen LogP contribution >= 0.6 is 0 Å². The number of benzene rings is 4. The molecule has 0 aliphatic rings. The zero-order valence-corrected chi connectivity index (χ0v) is 16.6. The maximum atomic E-state index is 9.10. The van der Waals surface area contributed by atoms with Crippen molar-refractivity contribution in [2.24, 2.45) is 0 Å². The lowest BCUT2D eigenvalue weighted by Gasteiger charge is -2.20. The van der Waals surface area contributed by atoms with E-state index in [-0.39, 0.29) is 6.61 Å². The minimum atomic E-state index is 0.00616. The highest BCUT2D eigenvalue weighted by molar-refractivity contribution is 6.56. The SMILES string of the molecule is Cc1cc(C)c(-c2c3ccccc3c([B]OCCO)c3ccccc23)c(C)c1. The Morgan fingerprint density at radius 1 is 0.750 bits per heavy atom. The first kappa shape index (κ1) is 18.7. The quantitative estimate of drug-likeness (QED) is 0.311. The molecule has 0 aliphatic carbocycles. The molecule has 0 fully saturated rings. The van der Waals surface area contributed by atoms with Crippen molar-refractivity contribution in [1.29, 1.82) is 0 Å². The predicted octanol–water partition coefficient (Wildman–Crippen LogP) is 4.84. The van der Waals surface area contributed by atoms with Crippen LogP contribution in [0, 0.1) is 20.8 Å². The molecule has 1 N–H and O–H groups in total. The molecule has 0 aliphatic heterocycles. The van der Waals surface area contributed by atoms with Gasteiger partial charge < -0.3 is 9.76 Å². The van der Waals surface area contributed by atoms with Crippen LogP contribution in [0.25, 0.3) is 32.7 Å². The Morgan fingerprint density at radius 2 is 1.25 bits per heavy atom. The largest absolute Gasteiger partial charge is 0.432 e. The molecule has 0 atom stereocenters. The summed E-state index contributed by atoms with van der Waals surface area (Å²) >= 11 is 0. The summed E-state index contributed by atoms with van der Waals surface area (Å²) in [5, 5.41) is 13.9. The third kappa shape index (κ3) is 3.21. The molecule has 2 nitrogen and oxygen atoms in total. The zero-order chi connectivity index (χ0) is 19.7. The summed E-state index contributed by atoms with van der Waals surface area (Å²) in [6, 6.07) is 21.5. The fourth-order valence-corrected chi connectivity index (χ4v) is 4.33. The van der Waals surface area contributed by atoms with Gasteiger partial charge in [-0.2, -0.15) is 0 Å². The van der Waals surface area contributed by atoms with Crippen molar-refractivity contribution < 1.29 is 9.76 Å². The highest BCUT2D eigenvalue weighted by Gasteiger charge is 2.18. The minimum absolute atomic E-state index is 0.00616. The van der Waals surface area contributed by atoms with E-state index < -0.39 is 0 Å². The van der Waals surface area contributed by atoms with Crippen LogP contribution in [-0.4, -0.2) is 25.8 Å². The van der Waals surface area contributed by atoms with Crippen molar-refractivity contribution in [2.45, 2.75) is 20.8 Å². The van der Waals surface area contributed by atoms with Gasteiger partial charge in [0.1, 0.15) is 0 Å². The molecule has 0 spiro atoms. The summed E-state index contributed by atoms with van der Waals surface area (Å²) < 4.78 is 5.62. The van der Waals surface area contributed by atoms with Gasteiger partial charge in [0, 0.05) is 0 Å². The molecule has 0 aromatic heterocycles. The smallest absolute Gasteiger partial charge is 0.331 e. The monoisotopic (exact) mass is 367 g/mol. The van der Waals surface area contributed by atoms with Crippen LogP contribution in [0.1, 0.15) is 16.7 Å². The topological polar surface area (TPSA) is 29.5 Å². The average molecular weight is 367 g/mol. The van der Waals surface area contributed by atoms with Crippen molar-refractivity contribution in [3.05, 3.63) is 77.4 Å². The van der Waals surface area contributed by atoms with E-state index in [0.717, 1.165) is 16.2 Å². The number of hydrogen-bond donors (Lipinski definition) is 1. The van der Waals surface area contributed by atoms with Crippen LogP contribution in [0.15, 0.2) is 60.7 Å². The van der Waals surface area contributed by atoms with E-state index in [0.29, 0.717) is 6.61 Å². The van der Waals surface area contributed by atoms with Crippen LogP contribution in [0.2, 0.25) is 0 Å². The van der Waals surface area contributed by atoms with Gasteiger partial charge in [-0.3, -0.25) is 0 Å². The van der Waals surface area contributed by atoms with Gasteiger partial charge >= 0.3 is 7.48 Å². The molecule has 4 aromatic rings. The second kappa shape index (κ2) is 7.79. The Morgan fingerprint density at radius 3 is 1.75 bits per heavy atom. The summed E-state index contributed by atoms with van der Waals surface area (Å²) in [6.45, 7) is 6.84. The van der Waals surface area contributed by atoms with Gasteiger partial charge in [0.25, 0.3) is 0 Å². The summed E-state index contributed by atoms with van der Waals surface area (Å²) in [5.74, 6) is 0. The van der Waals surface area contributed by atoms with E-state index in [9.17, 15) is 0 Å². The van der Waals surface area contributed by atoms with E-state index in [2.05, 4.69) is 81.4 Å². The molecule has 0 saturated heterocycles. The molecule has 4 aromatic carbocycles. The van der Waals surface area contributed by atoms with Gasteiger partial charge in [0.15, 0.2) is 0 Å². The first-order valence-electron chi connectivity index (χ1n) is 9.69. The predicted molar refractivity (Wildman–Crippen MR) is 120 cm³/mol. The molecule has 139 valence electrons. The third-order valence-electron chi connectivity index (χ3n) is 5.31. The Labute approximate surface area is 167 Å². The molecule has 0 amide bonds. The Kier molecular flexibility index (Phi) is 5.21. The number of hydrogen-bond acceptors (Lipinski definition) is 2. The summed E-state index contributed by atoms with van der Waals surface area (Å²) in [6.07, 6.45) is 0. The fraction of sp³-hybridized carbons (Fsp3) is 0.200. The van der Waals surface area contributed by atoms with Crippen LogP contribution < -0.4 is 5.46 Å². The van der Waals surface area contributed by atoms with Crippen molar-refractivity contribution in [1.82, 2.24) is 0 Å². The van der Waals surface area contributed by atoms with Gasteiger partial charge in [0.2, 0.25) is 0 Å². The number of fused-ring (bicyclic) bond motifs is 2.